The van der Waals surface area contributed by atoms with Gasteiger partial charge in [-0.15, -0.1) is 0 Å². The summed E-state index contributed by atoms with van der Waals surface area (Å²) in [5.41, 5.74) is -0.284. The van der Waals surface area contributed by atoms with Gasteiger partial charge in [0.15, 0.2) is 0 Å². The van der Waals surface area contributed by atoms with Gasteiger partial charge >= 0.3 is 6.18 Å². The van der Waals surface area contributed by atoms with Crippen molar-refractivity contribution in [2.24, 2.45) is 0 Å². The molecule has 0 aliphatic heterocycles. The summed E-state index contributed by atoms with van der Waals surface area (Å²) in [4.78, 5) is 0. The van der Waals surface area contributed by atoms with Gasteiger partial charge in [0.1, 0.15) is 5.82 Å². The highest BCUT2D eigenvalue weighted by atomic mass is 35.5. The number of halogens is 5. The van der Waals surface area contributed by atoms with Gasteiger partial charge in [0.05, 0.1) is 6.10 Å². The van der Waals surface area contributed by atoms with Crippen molar-refractivity contribution in [1.29, 1.82) is 0 Å². The van der Waals surface area contributed by atoms with Gasteiger partial charge in [-0.05, 0) is 18.6 Å². The maximum atomic E-state index is 13.2. The molecule has 0 aliphatic rings. The molecule has 0 saturated heterocycles. The first-order valence-electron chi connectivity index (χ1n) is 4.50. The number of rotatable bonds is 3. The van der Waals surface area contributed by atoms with Crippen molar-refractivity contribution in [2.45, 2.75) is 25.1 Å². The van der Waals surface area contributed by atoms with Gasteiger partial charge in [-0.1, -0.05) is 17.7 Å². The fourth-order valence-electron chi connectivity index (χ4n) is 1.27. The summed E-state index contributed by atoms with van der Waals surface area (Å²) in [6.07, 6.45) is -7.71. The quantitative estimate of drug-likeness (QED) is 0.815. The molecule has 1 aromatic rings. The zero-order valence-electron chi connectivity index (χ0n) is 8.06. The van der Waals surface area contributed by atoms with Crippen LogP contribution in [0.1, 0.15) is 24.5 Å². The lowest BCUT2D eigenvalue weighted by Crippen LogP contribution is -2.11. The molecule has 0 heterocycles. The van der Waals surface area contributed by atoms with E-state index in [-0.39, 0.29) is 10.6 Å². The highest BCUT2D eigenvalue weighted by molar-refractivity contribution is 6.31. The average Bonchev–Trinajstić information content (AvgIpc) is 2.13. The van der Waals surface area contributed by atoms with Crippen LogP contribution in [-0.2, 0) is 0 Å². The van der Waals surface area contributed by atoms with E-state index >= 15 is 0 Å². The number of hydrogen-bond donors (Lipinski definition) is 1. The molecule has 16 heavy (non-hydrogen) atoms. The van der Waals surface area contributed by atoms with E-state index in [1.807, 2.05) is 0 Å². The summed E-state index contributed by atoms with van der Waals surface area (Å²) < 4.78 is 48.9. The van der Waals surface area contributed by atoms with Crippen LogP contribution in [0.5, 0.6) is 0 Å². The van der Waals surface area contributed by atoms with E-state index in [0.717, 1.165) is 6.07 Å². The first kappa shape index (κ1) is 13.3. The van der Waals surface area contributed by atoms with Gasteiger partial charge in [-0.25, -0.2) is 4.39 Å². The number of alkyl halides is 3. The molecule has 1 nitrogen and oxygen atoms in total. The second-order valence-corrected chi connectivity index (χ2v) is 3.71. The summed E-state index contributed by atoms with van der Waals surface area (Å²) in [5, 5.41) is 9.35. The van der Waals surface area contributed by atoms with Crippen molar-refractivity contribution in [3.8, 4) is 0 Å². The van der Waals surface area contributed by atoms with E-state index < -0.39 is 30.9 Å². The monoisotopic (exact) mass is 256 g/mol. The van der Waals surface area contributed by atoms with Crippen LogP contribution >= 0.6 is 11.6 Å². The highest BCUT2D eigenvalue weighted by Crippen LogP contribution is 2.32. The minimum absolute atomic E-state index is 0.0744. The second kappa shape index (κ2) is 5.01. The van der Waals surface area contributed by atoms with Crippen molar-refractivity contribution < 1.29 is 22.7 Å². The first-order chi connectivity index (χ1) is 7.31. The van der Waals surface area contributed by atoms with Crippen LogP contribution in [0.15, 0.2) is 18.2 Å². The minimum atomic E-state index is -4.38. The van der Waals surface area contributed by atoms with Crippen molar-refractivity contribution in [1.82, 2.24) is 0 Å². The number of aliphatic hydroxyl groups is 1. The fraction of sp³-hybridized carbons (Fsp3) is 0.400. The van der Waals surface area contributed by atoms with Gasteiger partial charge in [0.25, 0.3) is 0 Å². The SMILES string of the molecule is OC(CCC(F)(F)F)c1c(F)cccc1Cl. The van der Waals surface area contributed by atoms with E-state index in [0.29, 0.717) is 0 Å². The minimum Gasteiger partial charge on any atom is -0.388 e. The molecular formula is C10H9ClF4O. The molecule has 0 fully saturated rings. The summed E-state index contributed by atoms with van der Waals surface area (Å²) in [7, 11) is 0. The molecule has 1 N–H and O–H groups in total. The zero-order chi connectivity index (χ0) is 12.3. The van der Waals surface area contributed by atoms with Gasteiger partial charge in [0, 0.05) is 17.0 Å². The van der Waals surface area contributed by atoms with E-state index in [2.05, 4.69) is 0 Å². The number of aliphatic hydroxyl groups excluding tert-OH is 1. The Morgan fingerprint density at radius 1 is 1.31 bits per heavy atom. The van der Waals surface area contributed by atoms with Crippen LogP contribution in [0.2, 0.25) is 5.02 Å². The van der Waals surface area contributed by atoms with E-state index in [9.17, 15) is 22.7 Å². The molecule has 0 amide bonds. The molecule has 0 radical (unpaired) electrons. The molecule has 1 rings (SSSR count). The predicted octanol–water partition coefficient (Wildman–Crippen LogP) is 3.86. The van der Waals surface area contributed by atoms with Crippen LogP contribution < -0.4 is 0 Å². The third-order valence-electron chi connectivity index (χ3n) is 2.03. The van der Waals surface area contributed by atoms with E-state index in [1.165, 1.54) is 12.1 Å². The third-order valence-corrected chi connectivity index (χ3v) is 2.36. The van der Waals surface area contributed by atoms with Crippen LogP contribution in [0.25, 0.3) is 0 Å². The molecular weight excluding hydrogens is 248 g/mol. The summed E-state index contributed by atoms with van der Waals surface area (Å²) >= 11 is 5.59. The Hall–Kier alpha value is -0.810. The van der Waals surface area contributed by atoms with Crippen molar-refractivity contribution >= 4 is 11.6 Å². The van der Waals surface area contributed by atoms with Gasteiger partial charge < -0.3 is 5.11 Å². The van der Waals surface area contributed by atoms with Crippen LogP contribution in [0, 0.1) is 5.82 Å². The molecule has 0 saturated carbocycles. The molecule has 0 spiro atoms. The van der Waals surface area contributed by atoms with Crippen molar-refractivity contribution in [3.63, 3.8) is 0 Å². The number of hydrogen-bond acceptors (Lipinski definition) is 1. The van der Waals surface area contributed by atoms with Gasteiger partial charge in [-0.3, -0.25) is 0 Å². The van der Waals surface area contributed by atoms with E-state index in [1.54, 1.807) is 0 Å². The Kier molecular flexibility index (Phi) is 4.15. The normalized spacial score (nSPS) is 13.9. The molecule has 1 unspecified atom stereocenters. The fourth-order valence-corrected chi connectivity index (χ4v) is 1.56. The number of benzene rings is 1. The maximum Gasteiger partial charge on any atom is 0.389 e. The highest BCUT2D eigenvalue weighted by Gasteiger charge is 2.29. The lowest BCUT2D eigenvalue weighted by Gasteiger charge is -2.14. The second-order valence-electron chi connectivity index (χ2n) is 3.30. The molecule has 0 bridgehead atoms. The maximum absolute atomic E-state index is 13.2. The summed E-state index contributed by atoms with van der Waals surface area (Å²) in [6.45, 7) is 0. The molecule has 90 valence electrons. The third kappa shape index (κ3) is 3.64. The van der Waals surface area contributed by atoms with Crippen molar-refractivity contribution in [3.05, 3.63) is 34.6 Å². The lowest BCUT2D eigenvalue weighted by atomic mass is 10.0. The van der Waals surface area contributed by atoms with E-state index in [4.69, 9.17) is 11.6 Å². The molecule has 1 atom stereocenters. The summed E-state index contributed by atoms with van der Waals surface area (Å²) in [6, 6.07) is 3.67. The smallest absolute Gasteiger partial charge is 0.388 e. The molecule has 0 aliphatic carbocycles. The van der Waals surface area contributed by atoms with Crippen LogP contribution in [0.3, 0.4) is 0 Å². The van der Waals surface area contributed by atoms with Gasteiger partial charge in [-0.2, -0.15) is 13.2 Å². The standard InChI is InChI=1S/C10H9ClF4O/c11-6-2-1-3-7(12)9(6)8(16)4-5-10(13,14)15/h1-3,8,16H,4-5H2. The average molecular weight is 257 g/mol. The molecule has 1 aromatic carbocycles. The van der Waals surface area contributed by atoms with Crippen molar-refractivity contribution in [2.75, 3.05) is 0 Å². The van der Waals surface area contributed by atoms with Crippen LogP contribution in [0.4, 0.5) is 17.6 Å². The predicted molar refractivity (Wildman–Crippen MR) is 51.7 cm³/mol. The van der Waals surface area contributed by atoms with Gasteiger partial charge in [0.2, 0.25) is 0 Å². The molecule has 0 aromatic heterocycles. The Labute approximate surface area is 94.7 Å². The first-order valence-corrected chi connectivity index (χ1v) is 4.88. The Bertz CT molecular complexity index is 344. The summed E-state index contributed by atoms with van der Waals surface area (Å²) in [5.74, 6) is -0.804. The zero-order valence-corrected chi connectivity index (χ0v) is 8.82. The molecule has 6 heteroatoms. The Morgan fingerprint density at radius 3 is 2.44 bits per heavy atom. The Balaban J connectivity index is 2.77. The topological polar surface area (TPSA) is 20.2 Å². The largest absolute Gasteiger partial charge is 0.389 e. The Morgan fingerprint density at radius 2 is 1.94 bits per heavy atom. The van der Waals surface area contributed by atoms with Crippen LogP contribution in [-0.4, -0.2) is 11.3 Å². The lowest BCUT2D eigenvalue weighted by molar-refractivity contribution is -0.140.